The molecular weight excluding hydrogens is 159 g/mol. The van der Waals surface area contributed by atoms with Crippen LogP contribution in [0.15, 0.2) is 0 Å². The normalized spacial score (nSPS) is 7.50. The Balaban J connectivity index is 1.97. The van der Waals surface area contributed by atoms with Crippen molar-refractivity contribution in [2.75, 3.05) is 11.7 Å². The van der Waals surface area contributed by atoms with Gasteiger partial charge in [0.15, 0.2) is 0 Å². The average Bonchev–Trinajstić information content (AvgIpc) is 1.37. The van der Waals surface area contributed by atoms with E-state index in [0.717, 1.165) is 4.62 Å². The van der Waals surface area contributed by atoms with Gasteiger partial charge in [-0.3, -0.25) is 0 Å². The molecule has 4 heavy (non-hydrogen) atoms. The van der Waals surface area contributed by atoms with E-state index in [4.69, 9.17) is 0 Å². The Morgan fingerprint density at radius 1 is 2.00 bits per heavy atom. The van der Waals surface area contributed by atoms with Crippen molar-refractivity contribution in [3.05, 3.63) is 0 Å². The van der Waals surface area contributed by atoms with Gasteiger partial charge in [-0.1, -0.05) is 0 Å². The van der Waals surface area contributed by atoms with Crippen molar-refractivity contribution in [1.82, 2.24) is 0 Å². The molecule has 0 unspecified atom stereocenters. The quantitative estimate of drug-likeness (QED) is 0.485. The monoisotopic (exact) mass is 165 g/mol. The summed E-state index contributed by atoms with van der Waals surface area (Å²) in [6.45, 7) is 0. The first-order valence-electron chi connectivity index (χ1n) is 1.05. The van der Waals surface area contributed by atoms with Crippen molar-refractivity contribution in [3.8, 4) is 0 Å². The zero-order valence-corrected chi connectivity index (χ0v) is 5.47. The molecule has 0 fully saturated rings. The Kier molecular flexibility index (Phi) is 4.47. The van der Waals surface area contributed by atoms with E-state index in [1.807, 2.05) is 0 Å². The Bertz CT molecular complexity index is 8.00. The van der Waals surface area contributed by atoms with E-state index in [1.54, 1.807) is 7.11 Å². The van der Waals surface area contributed by atoms with E-state index in [9.17, 15) is 0 Å². The van der Waals surface area contributed by atoms with Crippen LogP contribution >= 0.6 is 0 Å². The second-order valence-electron chi connectivity index (χ2n) is 0.433. The van der Waals surface area contributed by atoms with Crippen LogP contribution in [0, 0.1) is 0 Å². The zero-order valence-electron chi connectivity index (χ0n) is 2.62. The van der Waals surface area contributed by atoms with Crippen LogP contribution in [0.1, 0.15) is 0 Å². The van der Waals surface area contributed by atoms with Gasteiger partial charge in [0.2, 0.25) is 0 Å². The summed E-state index contributed by atoms with van der Waals surface area (Å²) in [6.07, 6.45) is 0. The van der Waals surface area contributed by atoms with Crippen LogP contribution in [-0.2, 0) is 4.74 Å². The molecule has 23 valence electrons. The fourth-order valence-corrected chi connectivity index (χ4v) is 0. The van der Waals surface area contributed by atoms with E-state index < -0.39 is 0 Å². The van der Waals surface area contributed by atoms with Crippen molar-refractivity contribution < 1.29 is 4.74 Å². The standard InChI is InChI=1S/C2H5O.Sn/c1-3-2;/h1H2,2H3;. The molecule has 0 spiro atoms. The van der Waals surface area contributed by atoms with Gasteiger partial charge in [-0.25, -0.2) is 0 Å². The number of hydrogen-bond acceptors (Lipinski definition) is 1. The molecule has 0 rings (SSSR count). The molecule has 0 aromatic heterocycles. The molecule has 1 nitrogen and oxygen atoms in total. The Labute approximate surface area is 39.4 Å². The molecule has 0 bridgehead atoms. The zero-order chi connectivity index (χ0) is 3.41. The average molecular weight is 164 g/mol. The van der Waals surface area contributed by atoms with Gasteiger partial charge in [-0.15, -0.1) is 0 Å². The summed E-state index contributed by atoms with van der Waals surface area (Å²) >= 11 is 1.45. The maximum atomic E-state index is 4.58. The Morgan fingerprint density at radius 3 is 2.25 bits per heavy atom. The summed E-state index contributed by atoms with van der Waals surface area (Å²) < 4.78 is 5.49. The van der Waals surface area contributed by atoms with Gasteiger partial charge >= 0.3 is 39.0 Å². The predicted molar refractivity (Wildman–Crippen MR) is 17.6 cm³/mol. The number of rotatable bonds is 1. The van der Waals surface area contributed by atoms with E-state index in [-0.39, 0.29) is 0 Å². The molecule has 0 aliphatic rings. The van der Waals surface area contributed by atoms with Crippen molar-refractivity contribution in [3.63, 3.8) is 0 Å². The molecule has 3 radical (unpaired) electrons. The minimum absolute atomic E-state index is 0.909. The third-order valence-corrected chi connectivity index (χ3v) is 0.968. The fraction of sp³-hybridized carbons (Fsp3) is 1.00. The molecule has 0 aliphatic carbocycles. The number of hydrogen-bond donors (Lipinski definition) is 0. The summed E-state index contributed by atoms with van der Waals surface area (Å²) in [4.78, 5) is 0. The predicted octanol–water partition coefficient (Wildman–Crippen LogP) is -0.241. The van der Waals surface area contributed by atoms with Crippen LogP contribution in [0.5, 0.6) is 0 Å². The molecule has 0 saturated heterocycles. The molecule has 0 aromatic rings. The van der Waals surface area contributed by atoms with Crippen LogP contribution in [0.2, 0.25) is 0 Å². The van der Waals surface area contributed by atoms with Crippen molar-refractivity contribution in [2.45, 2.75) is 0 Å². The van der Waals surface area contributed by atoms with Crippen LogP contribution in [0.3, 0.4) is 0 Å². The molecule has 0 heterocycles. The molecule has 0 aromatic carbocycles. The molecule has 2 heteroatoms. The van der Waals surface area contributed by atoms with Crippen LogP contribution in [0.4, 0.5) is 0 Å². The number of ether oxygens (including phenoxy) is 1. The first-order chi connectivity index (χ1) is 1.91. The van der Waals surface area contributed by atoms with Gasteiger partial charge in [0.25, 0.3) is 0 Å². The molecular formula is C2H5OSn. The SMILES string of the molecule is CO[CH2][Sn]. The first kappa shape index (κ1) is 4.76. The topological polar surface area (TPSA) is 9.23 Å². The second-order valence-corrected chi connectivity index (χ2v) is 1.26. The van der Waals surface area contributed by atoms with E-state index in [2.05, 4.69) is 4.74 Å². The van der Waals surface area contributed by atoms with Crippen LogP contribution < -0.4 is 0 Å². The van der Waals surface area contributed by atoms with Gasteiger partial charge in [0, 0.05) is 0 Å². The van der Waals surface area contributed by atoms with Gasteiger partial charge in [0.1, 0.15) is 0 Å². The van der Waals surface area contributed by atoms with Crippen molar-refractivity contribution in [1.29, 1.82) is 0 Å². The second kappa shape index (κ2) is 3.76. The molecule has 0 amide bonds. The summed E-state index contributed by atoms with van der Waals surface area (Å²) in [5, 5.41) is 0. The summed E-state index contributed by atoms with van der Waals surface area (Å²) in [7, 11) is 1.70. The van der Waals surface area contributed by atoms with Gasteiger partial charge < -0.3 is 0 Å². The maximum absolute atomic E-state index is 4.58. The van der Waals surface area contributed by atoms with E-state index >= 15 is 0 Å². The van der Waals surface area contributed by atoms with E-state index in [1.165, 1.54) is 22.5 Å². The Morgan fingerprint density at radius 2 is 2.25 bits per heavy atom. The summed E-state index contributed by atoms with van der Waals surface area (Å²) in [5.74, 6) is 0. The van der Waals surface area contributed by atoms with Gasteiger partial charge in [-0.2, -0.15) is 0 Å². The number of methoxy groups -OCH3 is 1. The summed E-state index contributed by atoms with van der Waals surface area (Å²) in [5.41, 5.74) is 0. The van der Waals surface area contributed by atoms with Crippen molar-refractivity contribution in [2.24, 2.45) is 0 Å². The third-order valence-electron chi connectivity index (χ3n) is 0.144. The van der Waals surface area contributed by atoms with Crippen LogP contribution in [-0.4, -0.2) is 34.3 Å². The first-order valence-corrected chi connectivity index (χ1v) is 3.07. The molecule has 0 saturated carbocycles. The Hall–Kier alpha value is 0.759. The fourth-order valence-electron chi connectivity index (χ4n) is 0. The molecule has 0 N–H and O–H groups in total. The van der Waals surface area contributed by atoms with Crippen LogP contribution in [0.25, 0.3) is 0 Å². The molecule has 0 aliphatic heterocycles. The third kappa shape index (κ3) is 2.76. The minimum atomic E-state index is 0.909. The van der Waals surface area contributed by atoms with E-state index in [0.29, 0.717) is 0 Å². The summed E-state index contributed by atoms with van der Waals surface area (Å²) in [6, 6.07) is 0. The van der Waals surface area contributed by atoms with Gasteiger partial charge in [-0.05, 0) is 0 Å². The molecule has 0 atom stereocenters. The van der Waals surface area contributed by atoms with Gasteiger partial charge in [0.05, 0.1) is 0 Å². The van der Waals surface area contributed by atoms with Crippen molar-refractivity contribution >= 4 is 22.5 Å².